The topological polar surface area (TPSA) is 64.6 Å². The molecule has 7 nitrogen and oxygen atoms in total. The van der Waals surface area contributed by atoms with Crippen LogP contribution in [0, 0.1) is 47.3 Å². The van der Waals surface area contributed by atoms with Gasteiger partial charge in [-0.1, -0.05) is 27.7 Å². The summed E-state index contributed by atoms with van der Waals surface area (Å²) < 4.78 is 47.1. The molecule has 6 heterocycles. The molecule has 2 saturated carbocycles. The fraction of sp³-hybridized carbons (Fsp3) is 1.00. The van der Waals surface area contributed by atoms with Crippen molar-refractivity contribution in [2.75, 3.05) is 0 Å². The predicted octanol–water partition coefficient (Wildman–Crippen LogP) is 5.56. The Morgan fingerprint density at radius 1 is 0.568 bits per heavy atom. The van der Waals surface area contributed by atoms with Gasteiger partial charge >= 0.3 is 0 Å². The van der Waals surface area contributed by atoms with Crippen molar-refractivity contribution >= 4 is 0 Å². The SMILES string of the molecule is C[C@@H]1CC[C@H]2[C@@H](C)C(OC3O[C@@H]4O[C@@]5(C)CC[C@H]6[C@H](C)CC[C@@H]([C@H]3C)[C@@]46O5)O[C@@H]3O[C@@]4(C)CC[C@@H]1[C@]32O4. The zero-order valence-electron chi connectivity index (χ0n) is 23.4. The van der Waals surface area contributed by atoms with Crippen LogP contribution in [0.25, 0.3) is 0 Å². The standard InChI is InChI=1S/C30H46O7/c1-15-7-9-21-17(3)23(32-25-29(21)19(15)11-13-27(5,34-25)36-29)31-24-18(4)22-10-8-16(2)20-12-14-28(6)35-26(33-24)30(20,22)37-28/h15-26H,7-14H2,1-6H3/t15-,16-,17-,18-,19+,20+,21+,22+,23?,24?,25-,26-,27-,28-,29-,30-/m1/s1. The Morgan fingerprint density at radius 2 is 1.00 bits per heavy atom. The van der Waals surface area contributed by atoms with Crippen molar-refractivity contribution in [1.29, 1.82) is 0 Å². The molecule has 0 amide bonds. The third-order valence-electron chi connectivity index (χ3n) is 12.5. The summed E-state index contributed by atoms with van der Waals surface area (Å²) in [5.74, 6) is 2.19. The van der Waals surface area contributed by atoms with Gasteiger partial charge < -0.3 is 33.2 Å². The van der Waals surface area contributed by atoms with Crippen LogP contribution in [0.15, 0.2) is 0 Å². The van der Waals surface area contributed by atoms with E-state index in [2.05, 4.69) is 41.5 Å². The van der Waals surface area contributed by atoms with Gasteiger partial charge in [0.15, 0.2) is 36.7 Å². The second kappa shape index (κ2) is 7.71. The quantitative estimate of drug-likeness (QED) is 0.474. The normalized spacial score (nSPS) is 65.7. The molecule has 6 saturated heterocycles. The Bertz CT molecular complexity index is 886. The number of hydrogen-bond acceptors (Lipinski definition) is 7. The number of rotatable bonds is 2. The molecule has 6 aliphatic heterocycles. The lowest BCUT2D eigenvalue weighted by Gasteiger charge is -2.60. The average Bonchev–Trinajstić information content (AvgIpc) is 3.20. The molecule has 2 unspecified atom stereocenters. The molecule has 0 radical (unpaired) electrons. The lowest BCUT2D eigenvalue weighted by atomic mass is 9.57. The summed E-state index contributed by atoms with van der Waals surface area (Å²) in [7, 11) is 0. The molecule has 208 valence electrons. The van der Waals surface area contributed by atoms with E-state index >= 15 is 0 Å². The summed E-state index contributed by atoms with van der Waals surface area (Å²) >= 11 is 0. The van der Waals surface area contributed by atoms with Crippen molar-refractivity contribution in [2.45, 2.75) is 141 Å². The van der Waals surface area contributed by atoms with Gasteiger partial charge in [0.25, 0.3) is 0 Å². The highest BCUT2D eigenvalue weighted by molar-refractivity contribution is 5.14. The van der Waals surface area contributed by atoms with Crippen LogP contribution < -0.4 is 0 Å². The van der Waals surface area contributed by atoms with Crippen molar-refractivity contribution in [3.63, 3.8) is 0 Å². The van der Waals surface area contributed by atoms with Gasteiger partial charge in [0.05, 0.1) is 0 Å². The van der Waals surface area contributed by atoms with E-state index in [1.807, 2.05) is 0 Å². The van der Waals surface area contributed by atoms with Crippen molar-refractivity contribution in [3.05, 3.63) is 0 Å². The zero-order chi connectivity index (χ0) is 25.5. The van der Waals surface area contributed by atoms with E-state index in [1.165, 1.54) is 12.8 Å². The van der Waals surface area contributed by atoms with Gasteiger partial charge in [-0.15, -0.1) is 0 Å². The Balaban J connectivity index is 1.08. The summed E-state index contributed by atoms with van der Waals surface area (Å²) in [6.45, 7) is 13.5. The molecular formula is C30H46O7. The fourth-order valence-corrected chi connectivity index (χ4v) is 10.7. The van der Waals surface area contributed by atoms with E-state index in [0.717, 1.165) is 38.5 Å². The number of fused-ring (bicyclic) bond motifs is 2. The van der Waals surface area contributed by atoms with Crippen LogP contribution in [-0.4, -0.2) is 47.9 Å². The van der Waals surface area contributed by atoms with Gasteiger partial charge in [-0.2, -0.15) is 0 Å². The molecule has 16 atom stereocenters. The highest BCUT2D eigenvalue weighted by Gasteiger charge is 2.74. The molecule has 8 rings (SSSR count). The molecule has 0 aromatic rings. The van der Waals surface area contributed by atoms with Crippen LogP contribution in [0.3, 0.4) is 0 Å². The van der Waals surface area contributed by atoms with E-state index in [0.29, 0.717) is 35.5 Å². The molecule has 8 aliphatic rings. The van der Waals surface area contributed by atoms with Crippen LogP contribution in [0.1, 0.15) is 92.9 Å². The lowest BCUT2D eigenvalue weighted by molar-refractivity contribution is -0.402. The molecule has 2 aliphatic carbocycles. The van der Waals surface area contributed by atoms with Gasteiger partial charge in [0.2, 0.25) is 0 Å². The molecule has 2 spiro atoms. The third kappa shape index (κ3) is 3.03. The Morgan fingerprint density at radius 3 is 1.43 bits per heavy atom. The average molecular weight is 519 g/mol. The van der Waals surface area contributed by atoms with Gasteiger partial charge in [-0.05, 0) is 76.0 Å². The minimum atomic E-state index is -0.554. The van der Waals surface area contributed by atoms with Crippen LogP contribution in [-0.2, 0) is 33.2 Å². The molecule has 8 fully saturated rings. The van der Waals surface area contributed by atoms with E-state index in [1.54, 1.807) is 0 Å². The maximum atomic E-state index is 6.85. The van der Waals surface area contributed by atoms with E-state index in [-0.39, 0.29) is 35.6 Å². The Hall–Kier alpha value is -0.280. The van der Waals surface area contributed by atoms with Crippen molar-refractivity contribution in [3.8, 4) is 0 Å². The maximum absolute atomic E-state index is 6.85. The lowest BCUT2D eigenvalue weighted by Crippen LogP contribution is -2.68. The van der Waals surface area contributed by atoms with Crippen molar-refractivity contribution in [2.24, 2.45) is 47.3 Å². The second-order valence-electron chi connectivity index (χ2n) is 14.6. The van der Waals surface area contributed by atoms with Gasteiger partial charge in [-0.25, -0.2) is 0 Å². The Labute approximate surface area is 221 Å². The second-order valence-corrected chi connectivity index (χ2v) is 14.6. The molecule has 0 N–H and O–H groups in total. The van der Waals surface area contributed by atoms with E-state index in [4.69, 9.17) is 33.2 Å². The van der Waals surface area contributed by atoms with E-state index < -0.39 is 24.2 Å². The zero-order valence-corrected chi connectivity index (χ0v) is 23.4. The summed E-state index contributed by atoms with van der Waals surface area (Å²) in [6.07, 6.45) is 7.33. The van der Waals surface area contributed by atoms with Crippen LogP contribution in [0.4, 0.5) is 0 Å². The largest absolute Gasteiger partial charge is 0.338 e. The highest BCUT2D eigenvalue weighted by Crippen LogP contribution is 2.66. The first kappa shape index (κ1) is 24.5. The summed E-state index contributed by atoms with van der Waals surface area (Å²) in [6, 6.07) is 0. The fourth-order valence-electron chi connectivity index (χ4n) is 10.7. The van der Waals surface area contributed by atoms with Crippen LogP contribution in [0.2, 0.25) is 0 Å². The van der Waals surface area contributed by atoms with Crippen molar-refractivity contribution < 1.29 is 33.2 Å². The van der Waals surface area contributed by atoms with Gasteiger partial charge in [-0.3, -0.25) is 0 Å². The number of ether oxygens (including phenoxy) is 7. The maximum Gasteiger partial charge on any atom is 0.193 e. The molecular weight excluding hydrogens is 472 g/mol. The van der Waals surface area contributed by atoms with Crippen LogP contribution in [0.5, 0.6) is 0 Å². The van der Waals surface area contributed by atoms with Gasteiger partial charge in [0.1, 0.15) is 11.2 Å². The summed E-state index contributed by atoms with van der Waals surface area (Å²) in [4.78, 5) is 0. The van der Waals surface area contributed by atoms with Crippen LogP contribution >= 0.6 is 0 Å². The molecule has 0 aromatic carbocycles. The minimum absolute atomic E-state index is 0.193. The minimum Gasteiger partial charge on any atom is -0.338 e. The first-order valence-electron chi connectivity index (χ1n) is 15.3. The summed E-state index contributed by atoms with van der Waals surface area (Å²) in [5, 5.41) is 0. The number of hydrogen-bond donors (Lipinski definition) is 0. The van der Waals surface area contributed by atoms with Crippen molar-refractivity contribution in [1.82, 2.24) is 0 Å². The smallest absolute Gasteiger partial charge is 0.193 e. The molecule has 0 aromatic heterocycles. The monoisotopic (exact) mass is 518 g/mol. The summed E-state index contributed by atoms with van der Waals surface area (Å²) in [5.41, 5.74) is -0.707. The first-order chi connectivity index (χ1) is 17.6. The predicted molar refractivity (Wildman–Crippen MR) is 133 cm³/mol. The third-order valence-corrected chi connectivity index (χ3v) is 12.5. The van der Waals surface area contributed by atoms with E-state index in [9.17, 15) is 0 Å². The molecule has 37 heavy (non-hydrogen) atoms. The Kier molecular flexibility index (Phi) is 5.11. The van der Waals surface area contributed by atoms with Gasteiger partial charge in [0, 0.05) is 36.5 Å². The molecule has 7 heteroatoms. The first-order valence-corrected chi connectivity index (χ1v) is 15.3. The molecule has 4 bridgehead atoms. The highest BCUT2D eigenvalue weighted by atomic mass is 16.9.